The highest BCUT2D eigenvalue weighted by atomic mass is 19.4. The van der Waals surface area contributed by atoms with Gasteiger partial charge in [0.15, 0.2) is 11.6 Å². The van der Waals surface area contributed by atoms with E-state index >= 15 is 0 Å². The largest absolute Gasteiger partial charge is 0.573 e. The molecule has 0 bridgehead atoms. The van der Waals surface area contributed by atoms with E-state index in [0.29, 0.717) is 23.8 Å². The van der Waals surface area contributed by atoms with Crippen LogP contribution in [0.15, 0.2) is 66.7 Å². The van der Waals surface area contributed by atoms with Crippen LogP contribution < -0.4 is 9.47 Å². The third-order valence-corrected chi connectivity index (χ3v) is 6.18. The lowest BCUT2D eigenvalue weighted by Crippen LogP contribution is -2.25. The van der Waals surface area contributed by atoms with Gasteiger partial charge in [-0.15, -0.1) is 13.2 Å². The molecule has 12 heteroatoms. The number of rotatable bonds is 8. The van der Waals surface area contributed by atoms with Crippen LogP contribution in [0.2, 0.25) is 0 Å². The lowest BCUT2D eigenvalue weighted by molar-refractivity contribution is -0.276. The van der Waals surface area contributed by atoms with Crippen LogP contribution in [-0.2, 0) is 12.5 Å². The molecule has 230 valence electrons. The van der Waals surface area contributed by atoms with Gasteiger partial charge in [-0.05, 0) is 65.9 Å². The van der Waals surface area contributed by atoms with Crippen molar-refractivity contribution in [2.24, 2.45) is 0 Å². The first kappa shape index (κ1) is 32.3. The van der Waals surface area contributed by atoms with Gasteiger partial charge in [0.25, 0.3) is 0 Å². The average molecular weight is 626 g/mol. The highest BCUT2D eigenvalue weighted by molar-refractivity contribution is 5.64. The van der Waals surface area contributed by atoms with Crippen LogP contribution in [-0.4, -0.2) is 6.36 Å². The van der Waals surface area contributed by atoms with E-state index < -0.39 is 69.7 Å². The van der Waals surface area contributed by atoms with Gasteiger partial charge in [0, 0.05) is 11.6 Å². The molecule has 0 N–H and O–H groups in total. The molecular formula is C32H20F10O2. The number of unbranched alkanes of at least 4 members (excludes halogenated alkanes) is 1. The van der Waals surface area contributed by atoms with E-state index in [1.165, 1.54) is 0 Å². The lowest BCUT2D eigenvalue weighted by Gasteiger charge is -2.20. The molecule has 44 heavy (non-hydrogen) atoms. The summed E-state index contributed by atoms with van der Waals surface area (Å²) in [4.78, 5) is 0. The van der Waals surface area contributed by atoms with Crippen molar-refractivity contribution in [1.29, 1.82) is 0 Å². The van der Waals surface area contributed by atoms with Crippen LogP contribution in [0, 0.1) is 40.9 Å². The number of alkyl halides is 5. The maximum atomic E-state index is 14.9. The van der Waals surface area contributed by atoms with Crippen molar-refractivity contribution in [2.45, 2.75) is 38.7 Å². The second-order valence-electron chi connectivity index (χ2n) is 9.44. The molecule has 0 fully saturated rings. The molecule has 0 saturated heterocycles. The Morgan fingerprint density at radius 2 is 1.25 bits per heavy atom. The van der Waals surface area contributed by atoms with Crippen LogP contribution in [0.4, 0.5) is 43.9 Å². The fraction of sp³-hybridized carbons (Fsp3) is 0.188. The highest BCUT2D eigenvalue weighted by Gasteiger charge is 2.41. The predicted octanol–water partition coefficient (Wildman–Crippen LogP) is 9.82. The molecule has 2 nitrogen and oxygen atoms in total. The first-order valence-corrected chi connectivity index (χ1v) is 12.9. The Bertz CT molecular complexity index is 1670. The van der Waals surface area contributed by atoms with Gasteiger partial charge in [0.05, 0.1) is 5.56 Å². The standard InChI is InChI=1S/C32H20F10O2/c1-2-3-4-18-5-8-20(9-6-18)22-15-25(34)29(26(35)16-22)31(38,39)43-23-12-11-21(24(33)17-23)10-7-19-13-27(36)30(28(37)14-19)44-32(40,41)42/h5-6,8-9,11-17H,2-4H2,1H3. The third kappa shape index (κ3) is 7.83. The molecule has 0 amide bonds. The summed E-state index contributed by atoms with van der Waals surface area (Å²) < 4.78 is 146. The maximum Gasteiger partial charge on any atom is 0.573 e. The summed E-state index contributed by atoms with van der Waals surface area (Å²) >= 11 is 0. The Morgan fingerprint density at radius 1 is 0.636 bits per heavy atom. The van der Waals surface area contributed by atoms with Gasteiger partial charge in [0.1, 0.15) is 28.8 Å². The maximum absolute atomic E-state index is 14.9. The molecular weight excluding hydrogens is 606 g/mol. The van der Waals surface area contributed by atoms with Crippen LogP contribution in [0.3, 0.4) is 0 Å². The van der Waals surface area contributed by atoms with Gasteiger partial charge < -0.3 is 9.47 Å². The van der Waals surface area contributed by atoms with Crippen molar-refractivity contribution in [3.63, 3.8) is 0 Å². The van der Waals surface area contributed by atoms with Crippen molar-refractivity contribution >= 4 is 0 Å². The number of halogens is 10. The molecule has 0 atom stereocenters. The molecule has 0 aliphatic rings. The first-order chi connectivity index (χ1) is 20.7. The summed E-state index contributed by atoms with van der Waals surface area (Å²) in [6, 6.07) is 11.1. The SMILES string of the molecule is CCCCc1ccc(-c2cc(F)c(C(F)(F)Oc3ccc(C#Cc4cc(F)c(OC(F)(F)F)c(F)c4)c(F)c3)c(F)c2)cc1. The van der Waals surface area contributed by atoms with E-state index in [1.807, 2.05) is 6.92 Å². The summed E-state index contributed by atoms with van der Waals surface area (Å²) in [5.41, 5.74) is -1.27. The molecule has 0 aromatic heterocycles. The molecule has 0 unspecified atom stereocenters. The number of ether oxygens (including phenoxy) is 2. The minimum atomic E-state index is -5.36. The zero-order chi connectivity index (χ0) is 32.2. The third-order valence-electron chi connectivity index (χ3n) is 6.18. The number of hydrogen-bond donors (Lipinski definition) is 0. The topological polar surface area (TPSA) is 18.5 Å². The van der Waals surface area contributed by atoms with E-state index in [0.717, 1.165) is 49.1 Å². The first-order valence-electron chi connectivity index (χ1n) is 12.9. The average Bonchev–Trinajstić information content (AvgIpc) is 2.92. The summed E-state index contributed by atoms with van der Waals surface area (Å²) in [5, 5.41) is 0. The summed E-state index contributed by atoms with van der Waals surface area (Å²) in [5.74, 6) is -6.22. The van der Waals surface area contributed by atoms with Crippen molar-refractivity contribution in [3.05, 3.63) is 118 Å². The van der Waals surface area contributed by atoms with Gasteiger partial charge in [-0.1, -0.05) is 49.5 Å². The molecule has 4 rings (SSSR count). The molecule has 0 saturated carbocycles. The van der Waals surface area contributed by atoms with E-state index in [-0.39, 0.29) is 5.56 Å². The van der Waals surface area contributed by atoms with Crippen LogP contribution >= 0.6 is 0 Å². The van der Waals surface area contributed by atoms with E-state index in [4.69, 9.17) is 0 Å². The van der Waals surface area contributed by atoms with Crippen LogP contribution in [0.1, 0.15) is 42.0 Å². The quantitative estimate of drug-likeness (QED) is 0.143. The number of hydrogen-bond acceptors (Lipinski definition) is 2. The summed E-state index contributed by atoms with van der Waals surface area (Å²) in [7, 11) is 0. The molecule has 0 radical (unpaired) electrons. The second kappa shape index (κ2) is 12.9. The Morgan fingerprint density at radius 3 is 1.80 bits per heavy atom. The zero-order valence-corrected chi connectivity index (χ0v) is 22.6. The van der Waals surface area contributed by atoms with Gasteiger partial charge in [-0.25, -0.2) is 22.0 Å². The van der Waals surface area contributed by atoms with Crippen molar-refractivity contribution in [2.75, 3.05) is 0 Å². The molecule has 4 aromatic rings. The predicted molar refractivity (Wildman–Crippen MR) is 140 cm³/mol. The van der Waals surface area contributed by atoms with Crippen LogP contribution in [0.5, 0.6) is 11.5 Å². The monoisotopic (exact) mass is 626 g/mol. The van der Waals surface area contributed by atoms with Gasteiger partial charge >= 0.3 is 12.5 Å². The molecule has 0 spiro atoms. The van der Waals surface area contributed by atoms with Gasteiger partial charge in [0.2, 0.25) is 5.75 Å². The Hall–Kier alpha value is -4.66. The van der Waals surface area contributed by atoms with E-state index in [1.54, 1.807) is 24.3 Å². The smallest absolute Gasteiger partial charge is 0.429 e. The van der Waals surface area contributed by atoms with Crippen molar-refractivity contribution in [3.8, 4) is 34.5 Å². The number of benzene rings is 4. The Labute approximate surface area is 244 Å². The highest BCUT2D eigenvalue weighted by Crippen LogP contribution is 2.37. The lowest BCUT2D eigenvalue weighted by atomic mass is 10.00. The molecule has 0 heterocycles. The fourth-order valence-corrected chi connectivity index (χ4v) is 4.11. The zero-order valence-electron chi connectivity index (χ0n) is 22.6. The minimum absolute atomic E-state index is 0.0119. The van der Waals surface area contributed by atoms with E-state index in [2.05, 4.69) is 21.3 Å². The molecule has 0 aliphatic heterocycles. The van der Waals surface area contributed by atoms with Crippen LogP contribution in [0.25, 0.3) is 11.1 Å². The summed E-state index contributed by atoms with van der Waals surface area (Å²) in [6.45, 7) is 2.03. The Balaban J connectivity index is 1.52. The second-order valence-corrected chi connectivity index (χ2v) is 9.44. The van der Waals surface area contributed by atoms with Gasteiger partial charge in [-0.2, -0.15) is 8.78 Å². The number of aryl methyl sites for hydroxylation is 1. The fourth-order valence-electron chi connectivity index (χ4n) is 4.11. The summed E-state index contributed by atoms with van der Waals surface area (Å²) in [6.07, 6.45) is -7.19. The normalized spacial score (nSPS) is 11.6. The van der Waals surface area contributed by atoms with E-state index in [9.17, 15) is 43.9 Å². The molecule has 0 aliphatic carbocycles. The van der Waals surface area contributed by atoms with Crippen molar-refractivity contribution in [1.82, 2.24) is 0 Å². The Kier molecular flexibility index (Phi) is 9.47. The van der Waals surface area contributed by atoms with Gasteiger partial charge in [-0.3, -0.25) is 0 Å². The molecule has 4 aromatic carbocycles. The minimum Gasteiger partial charge on any atom is -0.429 e. The van der Waals surface area contributed by atoms with Crippen molar-refractivity contribution < 1.29 is 53.4 Å².